The maximum Gasteiger partial charge on any atom is 0.358 e. The molecule has 0 bridgehead atoms. The second-order valence-corrected chi connectivity index (χ2v) is 1.34. The molecule has 9 heavy (non-hydrogen) atoms. The van der Waals surface area contributed by atoms with Gasteiger partial charge in [0, 0.05) is 0 Å². The van der Waals surface area contributed by atoms with Crippen LogP contribution in [-0.2, 0) is 35.4 Å². The largest absolute Gasteiger partial charge is 0.358 e. The average Bonchev–Trinajstić information content (AvgIpc) is 1.63. The molecular formula is HNO7S. The molecule has 0 fully saturated rings. The maximum atomic E-state index is 9.79. The van der Waals surface area contributed by atoms with Gasteiger partial charge >= 0.3 is 11.4 Å². The minimum Gasteiger partial charge on any atom is -0.220 e. The highest BCUT2D eigenvalue weighted by molar-refractivity contribution is 7.74. The maximum absolute atomic E-state index is 9.79. The van der Waals surface area contributed by atoms with E-state index in [2.05, 4.69) is 13.7 Å². The van der Waals surface area contributed by atoms with Gasteiger partial charge in [-0.05, 0) is 0 Å². The van der Waals surface area contributed by atoms with Gasteiger partial charge in [0.05, 0.1) is 0 Å². The third-order valence-electron chi connectivity index (χ3n) is 0.208. The molecular weight excluding hydrogens is 158 g/mol. The second kappa shape index (κ2) is 4.72. The van der Waals surface area contributed by atoms with Gasteiger partial charge in [-0.2, -0.15) is 4.21 Å². The minimum atomic E-state index is -2.72. The van der Waals surface area contributed by atoms with Crippen LogP contribution in [0.4, 0.5) is 0 Å². The van der Waals surface area contributed by atoms with Crippen LogP contribution in [0.15, 0.2) is 0 Å². The van der Waals surface area contributed by atoms with Crippen LogP contribution < -0.4 is 0 Å². The summed E-state index contributed by atoms with van der Waals surface area (Å²) in [7, 11) is 0. The van der Waals surface area contributed by atoms with Crippen molar-refractivity contribution in [3.8, 4) is 0 Å². The van der Waals surface area contributed by atoms with Crippen LogP contribution in [0.3, 0.4) is 0 Å². The summed E-state index contributed by atoms with van der Waals surface area (Å²) in [5.41, 5.74) is 0. The first-order valence-corrected chi connectivity index (χ1v) is 2.40. The second-order valence-electron chi connectivity index (χ2n) is 0.645. The Morgan fingerprint density at radius 1 is 1.44 bits per heavy atom. The van der Waals surface area contributed by atoms with Crippen molar-refractivity contribution in [2.24, 2.45) is 0 Å². The fraction of sp³-hybridized carbons (Fsp3) is 0. The van der Waals surface area contributed by atoms with Gasteiger partial charge in [-0.1, -0.05) is 19.8 Å². The first-order chi connectivity index (χ1) is 4.16. The van der Waals surface area contributed by atoms with E-state index in [1.807, 2.05) is 0 Å². The first kappa shape index (κ1) is 8.87. The molecule has 0 rings (SSSR count). The monoisotopic (exact) mass is 159 g/mol. The van der Waals surface area contributed by atoms with Gasteiger partial charge in [-0.15, -0.1) is 4.28 Å². The first-order valence-electron chi connectivity index (χ1n) is 1.40. The summed E-state index contributed by atoms with van der Waals surface area (Å²) in [6.07, 6.45) is 0. The van der Waals surface area contributed by atoms with Crippen molar-refractivity contribution in [3.05, 3.63) is 0 Å². The van der Waals surface area contributed by atoms with Gasteiger partial charge in [-0.3, -0.25) is 0 Å². The Kier molecular flexibility index (Phi) is 4.65. The molecule has 0 aliphatic carbocycles. The third-order valence-corrected chi connectivity index (χ3v) is 0.623. The molecule has 2 radical (unpaired) electrons. The Labute approximate surface area is 51.4 Å². The Balaban J connectivity index is 3.27. The molecule has 1 atom stereocenters. The van der Waals surface area contributed by atoms with Crippen LogP contribution in [0.1, 0.15) is 0 Å². The molecule has 0 spiro atoms. The summed E-state index contributed by atoms with van der Waals surface area (Å²) in [6, 6.07) is 0. The molecule has 0 heterocycles. The zero-order valence-corrected chi connectivity index (χ0v) is 4.57. The van der Waals surface area contributed by atoms with Crippen LogP contribution in [0, 0.1) is 0 Å². The lowest BCUT2D eigenvalue weighted by molar-refractivity contribution is -0.520. The lowest BCUT2D eigenvalue weighted by atomic mass is 13.0. The molecule has 0 saturated carbocycles. The molecule has 0 aromatic heterocycles. The summed E-state index contributed by atoms with van der Waals surface area (Å²) in [5, 5.41) is 27.3. The zero-order chi connectivity index (χ0) is 7.28. The number of rotatable bonds is 4. The number of hydrogen-bond donors (Lipinski definition) is 1. The van der Waals surface area contributed by atoms with Crippen molar-refractivity contribution in [2.45, 2.75) is 0 Å². The average molecular weight is 159 g/mol. The SMILES string of the molecule is [O]N([O])OS(=O)OOO. The lowest BCUT2D eigenvalue weighted by Gasteiger charge is -1.95. The van der Waals surface area contributed by atoms with E-state index in [1.165, 1.54) is 0 Å². The van der Waals surface area contributed by atoms with Gasteiger partial charge in [0.2, 0.25) is 0 Å². The molecule has 0 aliphatic rings. The summed E-state index contributed by atoms with van der Waals surface area (Å²) < 4.78 is 16.2. The van der Waals surface area contributed by atoms with E-state index in [9.17, 15) is 14.6 Å². The molecule has 0 aromatic carbocycles. The van der Waals surface area contributed by atoms with E-state index < -0.39 is 16.8 Å². The van der Waals surface area contributed by atoms with Crippen molar-refractivity contribution >= 4 is 11.4 Å². The fourth-order valence-electron chi connectivity index (χ4n) is 0.0870. The van der Waals surface area contributed by atoms with Crippen LogP contribution in [0.5, 0.6) is 0 Å². The molecule has 0 saturated heterocycles. The molecule has 0 aromatic rings. The molecule has 0 amide bonds. The molecule has 1 N–H and O–H groups in total. The minimum absolute atomic E-state index is 1.37. The van der Waals surface area contributed by atoms with E-state index in [1.54, 1.807) is 0 Å². The Morgan fingerprint density at radius 2 is 2.00 bits per heavy atom. The Morgan fingerprint density at radius 3 is 2.33 bits per heavy atom. The standard InChI is InChI=1S/HNO7S/c2-1(3)6-9(5)8-7-4/h4H. The van der Waals surface area contributed by atoms with E-state index in [0.29, 0.717) is 0 Å². The quantitative estimate of drug-likeness (QED) is 0.412. The summed E-state index contributed by atoms with van der Waals surface area (Å²) in [4.78, 5) is 0. The highest BCUT2D eigenvalue weighted by Crippen LogP contribution is 1.89. The van der Waals surface area contributed by atoms with Crippen LogP contribution in [0.25, 0.3) is 0 Å². The number of nitrogens with zero attached hydrogens (tertiary/aromatic N) is 1. The highest BCUT2D eigenvalue weighted by Gasteiger charge is 2.08. The Bertz CT molecular complexity index is 88.9. The van der Waals surface area contributed by atoms with Crippen molar-refractivity contribution < 1.29 is 33.5 Å². The van der Waals surface area contributed by atoms with E-state index >= 15 is 0 Å². The summed E-state index contributed by atoms with van der Waals surface area (Å²) in [5.74, 6) is 0. The third kappa shape index (κ3) is 5.75. The molecule has 1 unspecified atom stereocenters. The predicted octanol–water partition coefficient (Wildman–Crippen LogP) is -1.09. The molecule has 8 nitrogen and oxygen atoms in total. The Hall–Kier alpha value is -0.130. The van der Waals surface area contributed by atoms with Crippen molar-refractivity contribution in [2.75, 3.05) is 0 Å². The summed E-state index contributed by atoms with van der Waals surface area (Å²) >= 11 is -2.72. The van der Waals surface area contributed by atoms with Crippen LogP contribution in [0.2, 0.25) is 0 Å². The smallest absolute Gasteiger partial charge is 0.220 e. The van der Waals surface area contributed by atoms with Gasteiger partial charge < -0.3 is 0 Å². The molecule has 0 aliphatic heterocycles. The highest BCUT2D eigenvalue weighted by atomic mass is 32.2. The lowest BCUT2D eigenvalue weighted by Crippen LogP contribution is -2.14. The van der Waals surface area contributed by atoms with E-state index in [4.69, 9.17) is 5.26 Å². The van der Waals surface area contributed by atoms with Gasteiger partial charge in [-0.25, -0.2) is 5.26 Å². The number of hydrogen-bond acceptors (Lipinski definition) is 6. The topological polar surface area (TPSA) is 108 Å². The van der Waals surface area contributed by atoms with Crippen LogP contribution in [-0.4, -0.2) is 14.9 Å². The van der Waals surface area contributed by atoms with E-state index in [-0.39, 0.29) is 0 Å². The predicted molar refractivity (Wildman–Crippen MR) is 17.2 cm³/mol. The van der Waals surface area contributed by atoms with Crippen molar-refractivity contribution in [1.82, 2.24) is 5.39 Å². The molecule has 54 valence electrons. The molecule has 9 heteroatoms. The van der Waals surface area contributed by atoms with Crippen LogP contribution >= 0.6 is 0 Å². The van der Waals surface area contributed by atoms with Gasteiger partial charge in [0.25, 0.3) is 0 Å². The van der Waals surface area contributed by atoms with Gasteiger partial charge in [0.15, 0.2) is 5.39 Å². The summed E-state index contributed by atoms with van der Waals surface area (Å²) in [6.45, 7) is 0. The van der Waals surface area contributed by atoms with E-state index in [0.717, 1.165) is 0 Å². The van der Waals surface area contributed by atoms with Crippen molar-refractivity contribution in [3.63, 3.8) is 0 Å². The zero-order valence-electron chi connectivity index (χ0n) is 3.75. The fourth-order valence-corrected chi connectivity index (χ4v) is 0.261. The van der Waals surface area contributed by atoms with Gasteiger partial charge in [0.1, 0.15) is 0 Å². The normalized spacial score (nSPS) is 14.2. The van der Waals surface area contributed by atoms with Crippen molar-refractivity contribution in [1.29, 1.82) is 0 Å².